The second kappa shape index (κ2) is 9.59. The molecule has 28 heavy (non-hydrogen) atoms. The van der Waals surface area contributed by atoms with Crippen molar-refractivity contribution in [2.75, 3.05) is 34.5 Å². The number of rotatable bonds is 10. The average molecular weight is 391 g/mol. The normalized spacial score (nSPS) is 16.9. The zero-order valence-corrected chi connectivity index (χ0v) is 17.2. The lowest BCUT2D eigenvalue weighted by Gasteiger charge is -2.27. The summed E-state index contributed by atoms with van der Waals surface area (Å²) in [4.78, 5) is 27.1. The van der Waals surface area contributed by atoms with E-state index >= 15 is 0 Å². The number of aliphatic hydroxyl groups excluding tert-OH is 1. The van der Waals surface area contributed by atoms with Gasteiger partial charge in [0.25, 0.3) is 5.91 Å². The van der Waals surface area contributed by atoms with Gasteiger partial charge in [-0.25, -0.2) is 0 Å². The van der Waals surface area contributed by atoms with Crippen LogP contribution in [0.3, 0.4) is 0 Å². The molecule has 7 heteroatoms. The Bertz CT molecular complexity index is 755. The fraction of sp³-hybridized carbons (Fsp3) is 0.524. The Hall–Kier alpha value is -2.54. The first kappa shape index (κ1) is 21.8. The third-order valence-electron chi connectivity index (χ3n) is 4.67. The molecule has 1 atom stereocenters. The highest BCUT2D eigenvalue weighted by Crippen LogP contribution is 2.41. The molecule has 0 saturated carbocycles. The number of Topliss-reactive ketones (excluding diaryl/α,β-unsaturated/α-hetero) is 1. The molecule has 0 spiro atoms. The van der Waals surface area contributed by atoms with Gasteiger partial charge in [-0.15, -0.1) is 0 Å². The zero-order chi connectivity index (χ0) is 20.8. The summed E-state index contributed by atoms with van der Waals surface area (Å²) in [5.74, 6) is -0.0895. The Morgan fingerprint density at radius 1 is 1.18 bits per heavy atom. The van der Waals surface area contributed by atoms with E-state index in [9.17, 15) is 14.7 Å². The van der Waals surface area contributed by atoms with Crippen molar-refractivity contribution in [1.29, 1.82) is 0 Å². The van der Waals surface area contributed by atoms with Gasteiger partial charge < -0.3 is 24.2 Å². The van der Waals surface area contributed by atoms with Gasteiger partial charge in [-0.1, -0.05) is 19.9 Å². The van der Waals surface area contributed by atoms with Gasteiger partial charge in [-0.2, -0.15) is 0 Å². The van der Waals surface area contributed by atoms with Gasteiger partial charge in [0.15, 0.2) is 23.0 Å². The van der Waals surface area contributed by atoms with Crippen molar-refractivity contribution in [2.45, 2.75) is 32.7 Å². The Labute approximate surface area is 165 Å². The van der Waals surface area contributed by atoms with E-state index in [0.29, 0.717) is 36.6 Å². The molecule has 0 bridgehead atoms. The highest BCUT2D eigenvalue weighted by molar-refractivity contribution is 6.09. The summed E-state index contributed by atoms with van der Waals surface area (Å²) in [6.45, 7) is 4.68. The minimum absolute atomic E-state index is 0.108. The van der Waals surface area contributed by atoms with Crippen LogP contribution in [0.5, 0.6) is 11.5 Å². The van der Waals surface area contributed by atoms with Crippen molar-refractivity contribution in [3.05, 3.63) is 35.1 Å². The van der Waals surface area contributed by atoms with E-state index in [0.717, 1.165) is 0 Å². The molecule has 7 nitrogen and oxygen atoms in total. The minimum Gasteiger partial charge on any atom is -0.503 e. The van der Waals surface area contributed by atoms with Crippen LogP contribution >= 0.6 is 0 Å². The summed E-state index contributed by atoms with van der Waals surface area (Å²) in [5, 5.41) is 10.5. The molecule has 0 aromatic heterocycles. The van der Waals surface area contributed by atoms with Crippen molar-refractivity contribution in [3.63, 3.8) is 0 Å². The molecule has 1 heterocycles. The molecular weight excluding hydrogens is 362 g/mol. The number of carbonyl (C=O) groups excluding carboxylic acids is 2. The average Bonchev–Trinajstić information content (AvgIpc) is 2.92. The van der Waals surface area contributed by atoms with Crippen molar-refractivity contribution >= 4 is 11.7 Å². The van der Waals surface area contributed by atoms with E-state index in [1.54, 1.807) is 25.3 Å². The first-order valence-corrected chi connectivity index (χ1v) is 9.33. The third kappa shape index (κ3) is 4.47. The minimum atomic E-state index is -0.671. The van der Waals surface area contributed by atoms with Gasteiger partial charge in [-0.05, 0) is 30.0 Å². The molecule has 2 rings (SSSR count). The molecule has 1 aliphatic heterocycles. The van der Waals surface area contributed by atoms with Crippen LogP contribution in [0.25, 0.3) is 0 Å². The first-order valence-electron chi connectivity index (χ1n) is 9.33. The summed E-state index contributed by atoms with van der Waals surface area (Å²) < 4.78 is 15.7. The zero-order valence-electron chi connectivity index (χ0n) is 17.2. The predicted octanol–water partition coefficient (Wildman–Crippen LogP) is 3.05. The lowest BCUT2D eigenvalue weighted by atomic mass is 9.92. The van der Waals surface area contributed by atoms with E-state index in [1.165, 1.54) is 19.1 Å². The number of hydrogen-bond acceptors (Lipinski definition) is 6. The monoisotopic (exact) mass is 391 g/mol. The van der Waals surface area contributed by atoms with Crippen molar-refractivity contribution < 1.29 is 28.9 Å². The van der Waals surface area contributed by atoms with E-state index in [-0.39, 0.29) is 23.7 Å². The third-order valence-corrected chi connectivity index (χ3v) is 4.67. The van der Waals surface area contributed by atoms with Crippen LogP contribution in [0, 0.1) is 5.92 Å². The second-order valence-corrected chi connectivity index (χ2v) is 7.15. The lowest BCUT2D eigenvalue weighted by molar-refractivity contribution is -0.129. The standard InChI is InChI=1S/C21H29NO6/c1-13(2)11-15(23)18-19(14-7-8-16(27-4)17(12-14)28-5)22(9-6-10-26-3)21(25)20(18)24/h7-8,12-13,19,24H,6,9-11H2,1-5H3. The Balaban J connectivity index is 2.50. The van der Waals surface area contributed by atoms with Crippen LogP contribution in [0.4, 0.5) is 0 Å². The molecule has 0 radical (unpaired) electrons. The number of ketones is 1. The Morgan fingerprint density at radius 2 is 1.86 bits per heavy atom. The molecule has 1 N–H and O–H groups in total. The van der Waals surface area contributed by atoms with Crippen LogP contribution in [-0.4, -0.2) is 56.2 Å². The lowest BCUT2D eigenvalue weighted by Crippen LogP contribution is -2.32. The SMILES string of the molecule is COCCCN1C(=O)C(O)=C(C(=O)CC(C)C)C1c1ccc(OC)c(OC)c1. The number of aliphatic hydroxyl groups is 1. The topological polar surface area (TPSA) is 85.3 Å². The summed E-state index contributed by atoms with van der Waals surface area (Å²) in [6.07, 6.45) is 0.841. The number of methoxy groups -OCH3 is 3. The fourth-order valence-corrected chi connectivity index (χ4v) is 3.40. The molecule has 1 aromatic carbocycles. The highest BCUT2D eigenvalue weighted by Gasteiger charge is 2.43. The summed E-state index contributed by atoms with van der Waals surface area (Å²) in [5.41, 5.74) is 0.822. The van der Waals surface area contributed by atoms with Crippen molar-refractivity contribution in [2.24, 2.45) is 5.92 Å². The van der Waals surface area contributed by atoms with Gasteiger partial charge in [-0.3, -0.25) is 9.59 Å². The van der Waals surface area contributed by atoms with Crippen molar-refractivity contribution in [3.8, 4) is 11.5 Å². The molecule has 0 saturated heterocycles. The number of hydrogen-bond donors (Lipinski definition) is 1. The molecular formula is C21H29NO6. The quantitative estimate of drug-likeness (QED) is 0.617. The maximum absolute atomic E-state index is 12.9. The van der Waals surface area contributed by atoms with Crippen molar-refractivity contribution in [1.82, 2.24) is 4.90 Å². The van der Waals surface area contributed by atoms with E-state index in [4.69, 9.17) is 14.2 Å². The maximum Gasteiger partial charge on any atom is 0.290 e. The van der Waals surface area contributed by atoms with E-state index in [2.05, 4.69) is 0 Å². The number of carbonyl (C=O) groups is 2. The van der Waals surface area contributed by atoms with Gasteiger partial charge >= 0.3 is 0 Å². The molecule has 1 aromatic rings. The Kier molecular flexibility index (Phi) is 7.45. The molecule has 0 aliphatic carbocycles. The van der Waals surface area contributed by atoms with E-state index in [1.807, 2.05) is 13.8 Å². The van der Waals surface area contributed by atoms with Gasteiger partial charge in [0.1, 0.15) is 0 Å². The van der Waals surface area contributed by atoms with Gasteiger partial charge in [0.2, 0.25) is 0 Å². The fourth-order valence-electron chi connectivity index (χ4n) is 3.40. The van der Waals surface area contributed by atoms with Crippen LogP contribution in [-0.2, 0) is 14.3 Å². The van der Waals surface area contributed by atoms with Crippen LogP contribution in [0.15, 0.2) is 29.5 Å². The molecule has 1 unspecified atom stereocenters. The smallest absolute Gasteiger partial charge is 0.290 e. The molecule has 1 amide bonds. The largest absolute Gasteiger partial charge is 0.503 e. The van der Waals surface area contributed by atoms with Gasteiger partial charge in [0.05, 0.1) is 25.8 Å². The number of amides is 1. The summed E-state index contributed by atoms with van der Waals surface area (Å²) >= 11 is 0. The molecule has 0 fully saturated rings. The number of benzene rings is 1. The maximum atomic E-state index is 12.9. The summed E-state index contributed by atoms with van der Waals surface area (Å²) in [6, 6.07) is 4.58. The second-order valence-electron chi connectivity index (χ2n) is 7.15. The Morgan fingerprint density at radius 3 is 2.43 bits per heavy atom. The predicted molar refractivity (Wildman–Crippen MR) is 105 cm³/mol. The van der Waals surface area contributed by atoms with Crippen LogP contribution in [0.1, 0.15) is 38.3 Å². The van der Waals surface area contributed by atoms with Crippen LogP contribution in [0.2, 0.25) is 0 Å². The van der Waals surface area contributed by atoms with Gasteiger partial charge in [0, 0.05) is 26.7 Å². The summed E-state index contributed by atoms with van der Waals surface area (Å²) in [7, 11) is 4.65. The van der Waals surface area contributed by atoms with Crippen LogP contribution < -0.4 is 9.47 Å². The first-order chi connectivity index (χ1) is 13.3. The molecule has 154 valence electrons. The highest BCUT2D eigenvalue weighted by atomic mass is 16.5. The van der Waals surface area contributed by atoms with E-state index < -0.39 is 17.7 Å². The number of ether oxygens (including phenoxy) is 3. The number of nitrogens with zero attached hydrogens (tertiary/aromatic N) is 1. The molecule has 1 aliphatic rings.